The summed E-state index contributed by atoms with van der Waals surface area (Å²) in [7, 11) is 0. The van der Waals surface area contributed by atoms with Crippen molar-refractivity contribution >= 4 is 6.41 Å². The molecule has 0 aliphatic rings. The molecule has 0 heterocycles. The van der Waals surface area contributed by atoms with Gasteiger partial charge in [0, 0.05) is 6.54 Å². The molecule has 0 aliphatic carbocycles. The molecule has 12 heavy (non-hydrogen) atoms. The first-order valence-corrected chi connectivity index (χ1v) is 4.03. The zero-order chi connectivity index (χ0) is 9.07. The molecule has 0 atom stereocenters. The molecular weight excluding hydrogens is 150 g/mol. The summed E-state index contributed by atoms with van der Waals surface area (Å²) in [6.45, 7) is 2.68. The Morgan fingerprint density at radius 1 is 1.17 bits per heavy atom. The second-order valence-electron chi connectivity index (χ2n) is 2.20. The van der Waals surface area contributed by atoms with Crippen LogP contribution < -0.4 is 5.32 Å². The van der Waals surface area contributed by atoms with Gasteiger partial charge >= 0.3 is 0 Å². The lowest BCUT2D eigenvalue weighted by Gasteiger charge is -1.89. The summed E-state index contributed by atoms with van der Waals surface area (Å²) in [6, 6.07) is 0. The first-order chi connectivity index (χ1) is 5.91. The summed E-state index contributed by atoms with van der Waals surface area (Å²) in [5.41, 5.74) is 0. The van der Waals surface area contributed by atoms with Gasteiger partial charge in [0.15, 0.2) is 0 Å². The van der Waals surface area contributed by atoms with Crippen LogP contribution in [-0.2, 0) is 4.79 Å². The lowest BCUT2D eigenvalue weighted by molar-refractivity contribution is -0.109. The van der Waals surface area contributed by atoms with Crippen molar-refractivity contribution in [1.29, 1.82) is 0 Å². The molecule has 2 heteroatoms. The van der Waals surface area contributed by atoms with Crippen LogP contribution >= 0.6 is 0 Å². The predicted molar refractivity (Wildman–Crippen MR) is 51.8 cm³/mol. The fourth-order valence-corrected chi connectivity index (χ4v) is 0.640. The zero-order valence-corrected chi connectivity index (χ0v) is 7.36. The van der Waals surface area contributed by atoms with Crippen LogP contribution in [0.1, 0.15) is 13.3 Å². The molecule has 0 radical (unpaired) electrons. The Hall–Kier alpha value is -1.31. The van der Waals surface area contributed by atoms with Gasteiger partial charge in [0.25, 0.3) is 0 Å². The van der Waals surface area contributed by atoms with Crippen molar-refractivity contribution in [2.24, 2.45) is 0 Å². The Kier molecular flexibility index (Phi) is 8.63. The smallest absolute Gasteiger partial charge is 0.207 e. The van der Waals surface area contributed by atoms with Crippen molar-refractivity contribution < 1.29 is 4.79 Å². The number of hydrogen-bond donors (Lipinski definition) is 1. The van der Waals surface area contributed by atoms with E-state index in [0.717, 1.165) is 6.42 Å². The maximum absolute atomic E-state index is 9.82. The number of rotatable bonds is 6. The van der Waals surface area contributed by atoms with E-state index < -0.39 is 0 Å². The van der Waals surface area contributed by atoms with Crippen LogP contribution in [0.3, 0.4) is 0 Å². The molecule has 0 saturated carbocycles. The molecule has 2 nitrogen and oxygen atoms in total. The molecule has 0 saturated heterocycles. The largest absolute Gasteiger partial charge is 0.358 e. The Labute approximate surface area is 73.7 Å². The highest BCUT2D eigenvalue weighted by molar-refractivity contribution is 5.45. The molecule has 0 aromatic heterocycles. The number of nitrogens with one attached hydrogen (secondary N) is 1. The van der Waals surface area contributed by atoms with E-state index in [2.05, 4.69) is 5.32 Å². The Morgan fingerprint density at radius 2 is 1.92 bits per heavy atom. The summed E-state index contributed by atoms with van der Waals surface area (Å²) >= 11 is 0. The van der Waals surface area contributed by atoms with E-state index in [1.807, 2.05) is 43.4 Å². The van der Waals surface area contributed by atoms with Crippen LogP contribution in [0.5, 0.6) is 0 Å². The Balaban J connectivity index is 3.30. The monoisotopic (exact) mass is 165 g/mol. The van der Waals surface area contributed by atoms with Gasteiger partial charge in [0.2, 0.25) is 6.41 Å². The minimum absolute atomic E-state index is 0.706. The highest BCUT2D eigenvalue weighted by Crippen LogP contribution is 1.83. The van der Waals surface area contributed by atoms with Crippen molar-refractivity contribution in [1.82, 2.24) is 5.32 Å². The third kappa shape index (κ3) is 8.69. The van der Waals surface area contributed by atoms with E-state index in [-0.39, 0.29) is 0 Å². The lowest BCUT2D eigenvalue weighted by atomic mass is 10.3. The van der Waals surface area contributed by atoms with Gasteiger partial charge in [-0.25, -0.2) is 0 Å². The topological polar surface area (TPSA) is 29.1 Å². The van der Waals surface area contributed by atoms with E-state index in [0.29, 0.717) is 13.0 Å². The van der Waals surface area contributed by atoms with Crippen molar-refractivity contribution in [3.8, 4) is 0 Å². The minimum atomic E-state index is 0.706. The molecular formula is C10H15NO. The standard InChI is InChI=1S/C10H15NO/c1-2-3-4-5-6-7-8-9-11-10-12/h2-7,10H,8-9H2,1H3,(H,11,12)/b3-2-,5-4-,7-6+. The lowest BCUT2D eigenvalue weighted by Crippen LogP contribution is -2.10. The highest BCUT2D eigenvalue weighted by atomic mass is 16.1. The van der Waals surface area contributed by atoms with Crippen LogP contribution in [0.4, 0.5) is 0 Å². The highest BCUT2D eigenvalue weighted by Gasteiger charge is 1.75. The maximum atomic E-state index is 9.82. The molecule has 0 aromatic carbocycles. The quantitative estimate of drug-likeness (QED) is 0.363. The molecule has 0 unspecified atom stereocenters. The first kappa shape index (κ1) is 10.7. The Bertz CT molecular complexity index is 180. The van der Waals surface area contributed by atoms with Gasteiger partial charge in [-0.05, 0) is 13.3 Å². The summed E-state index contributed by atoms with van der Waals surface area (Å²) in [6.07, 6.45) is 13.4. The molecule has 0 aromatic rings. The van der Waals surface area contributed by atoms with E-state index in [1.54, 1.807) is 0 Å². The van der Waals surface area contributed by atoms with Crippen LogP contribution in [0, 0.1) is 0 Å². The van der Waals surface area contributed by atoms with Gasteiger partial charge in [0.1, 0.15) is 0 Å². The molecule has 1 N–H and O–H groups in total. The van der Waals surface area contributed by atoms with E-state index in [9.17, 15) is 4.79 Å². The van der Waals surface area contributed by atoms with Crippen molar-refractivity contribution in [3.63, 3.8) is 0 Å². The van der Waals surface area contributed by atoms with Gasteiger partial charge in [-0.15, -0.1) is 0 Å². The van der Waals surface area contributed by atoms with Gasteiger partial charge in [-0.2, -0.15) is 0 Å². The fraction of sp³-hybridized carbons (Fsp3) is 0.300. The average Bonchev–Trinajstić information content (AvgIpc) is 2.10. The van der Waals surface area contributed by atoms with E-state index in [1.165, 1.54) is 0 Å². The molecule has 0 fully saturated rings. The average molecular weight is 165 g/mol. The summed E-state index contributed by atoms with van der Waals surface area (Å²) < 4.78 is 0. The summed E-state index contributed by atoms with van der Waals surface area (Å²) in [5.74, 6) is 0. The van der Waals surface area contributed by atoms with Gasteiger partial charge in [-0.3, -0.25) is 4.79 Å². The van der Waals surface area contributed by atoms with Gasteiger partial charge < -0.3 is 5.32 Å². The third-order valence-corrected chi connectivity index (χ3v) is 1.20. The SMILES string of the molecule is C\C=C/C=C\C=C\CCNC=O. The normalized spacial score (nSPS) is 11.8. The first-order valence-electron chi connectivity index (χ1n) is 4.03. The predicted octanol–water partition coefficient (Wildman–Crippen LogP) is 1.81. The van der Waals surface area contributed by atoms with Crippen LogP contribution in [0.25, 0.3) is 0 Å². The van der Waals surface area contributed by atoms with Crippen molar-refractivity contribution in [2.45, 2.75) is 13.3 Å². The number of hydrogen-bond acceptors (Lipinski definition) is 1. The molecule has 0 rings (SSSR count). The second kappa shape index (κ2) is 9.69. The van der Waals surface area contributed by atoms with E-state index >= 15 is 0 Å². The number of allylic oxidation sites excluding steroid dienone is 5. The second-order valence-corrected chi connectivity index (χ2v) is 2.20. The van der Waals surface area contributed by atoms with Gasteiger partial charge in [0.05, 0.1) is 0 Å². The Morgan fingerprint density at radius 3 is 2.58 bits per heavy atom. The number of carbonyl (C=O) groups excluding carboxylic acids is 1. The molecule has 66 valence electrons. The van der Waals surface area contributed by atoms with Crippen LogP contribution in [-0.4, -0.2) is 13.0 Å². The van der Waals surface area contributed by atoms with Crippen LogP contribution in [0.15, 0.2) is 36.5 Å². The van der Waals surface area contributed by atoms with Gasteiger partial charge in [-0.1, -0.05) is 36.5 Å². The van der Waals surface area contributed by atoms with Crippen molar-refractivity contribution in [3.05, 3.63) is 36.5 Å². The van der Waals surface area contributed by atoms with Crippen LogP contribution in [0.2, 0.25) is 0 Å². The molecule has 0 spiro atoms. The molecule has 1 amide bonds. The minimum Gasteiger partial charge on any atom is -0.358 e. The summed E-state index contributed by atoms with van der Waals surface area (Å²) in [5, 5.41) is 2.58. The third-order valence-electron chi connectivity index (χ3n) is 1.20. The number of carbonyl (C=O) groups is 1. The molecule has 0 bridgehead atoms. The van der Waals surface area contributed by atoms with E-state index in [4.69, 9.17) is 0 Å². The summed E-state index contributed by atoms with van der Waals surface area (Å²) in [4.78, 5) is 9.82. The zero-order valence-electron chi connectivity index (χ0n) is 7.36. The number of amides is 1. The fourth-order valence-electron chi connectivity index (χ4n) is 0.640. The van der Waals surface area contributed by atoms with Crippen molar-refractivity contribution in [2.75, 3.05) is 6.54 Å². The maximum Gasteiger partial charge on any atom is 0.207 e. The molecule has 0 aliphatic heterocycles.